The molecule has 0 aromatic heterocycles. The van der Waals surface area contributed by atoms with E-state index < -0.39 is 10.0 Å². The molecule has 0 unspecified atom stereocenters. The van der Waals surface area contributed by atoms with Gasteiger partial charge in [-0.2, -0.15) is 4.31 Å². The average Bonchev–Trinajstić information content (AvgIpc) is 2.67. The van der Waals surface area contributed by atoms with E-state index in [0.29, 0.717) is 30.0 Å². The van der Waals surface area contributed by atoms with E-state index in [0.717, 1.165) is 0 Å². The molecule has 0 aliphatic rings. The summed E-state index contributed by atoms with van der Waals surface area (Å²) in [4.78, 5) is 23.5. The maximum absolute atomic E-state index is 12.5. The summed E-state index contributed by atoms with van der Waals surface area (Å²) in [5.74, 6) is -0.537. The van der Waals surface area contributed by atoms with E-state index in [2.05, 4.69) is 10.6 Å². The van der Waals surface area contributed by atoms with Gasteiger partial charge in [0.05, 0.1) is 4.90 Å². The Morgan fingerprint density at radius 3 is 2.10 bits per heavy atom. The summed E-state index contributed by atoms with van der Waals surface area (Å²) in [6, 6.07) is 13.2. The van der Waals surface area contributed by atoms with Crippen LogP contribution in [0.25, 0.3) is 6.08 Å². The molecule has 0 saturated heterocycles. The van der Waals surface area contributed by atoms with Crippen LogP contribution < -0.4 is 10.6 Å². The normalized spacial score (nSPS) is 11.6. The molecule has 0 radical (unpaired) electrons. The second-order valence-corrected chi connectivity index (χ2v) is 8.18. The van der Waals surface area contributed by atoms with E-state index in [-0.39, 0.29) is 16.7 Å². The van der Waals surface area contributed by atoms with E-state index in [4.69, 9.17) is 0 Å². The van der Waals surface area contributed by atoms with Gasteiger partial charge in [0.1, 0.15) is 0 Å². The number of nitrogens with zero attached hydrogens (tertiary/aromatic N) is 1. The Morgan fingerprint density at radius 1 is 0.966 bits per heavy atom. The topological polar surface area (TPSA) is 95.6 Å². The highest BCUT2D eigenvalue weighted by Crippen LogP contribution is 2.17. The number of carbonyl (C=O) groups is 2. The number of hydrogen-bond donors (Lipinski definition) is 2. The summed E-state index contributed by atoms with van der Waals surface area (Å²) in [5.41, 5.74) is 1.83. The number of anilines is 2. The van der Waals surface area contributed by atoms with Crippen molar-refractivity contribution in [1.82, 2.24) is 4.31 Å². The van der Waals surface area contributed by atoms with Crippen LogP contribution >= 0.6 is 0 Å². The van der Waals surface area contributed by atoms with Crippen molar-refractivity contribution in [1.29, 1.82) is 0 Å². The Bertz CT molecular complexity index is 995. The molecule has 0 spiro atoms. The molecule has 8 heteroatoms. The van der Waals surface area contributed by atoms with Gasteiger partial charge in [0.25, 0.3) is 0 Å². The van der Waals surface area contributed by atoms with Crippen molar-refractivity contribution in [3.63, 3.8) is 0 Å². The van der Waals surface area contributed by atoms with Crippen LogP contribution in [0, 0.1) is 0 Å². The number of rotatable bonds is 8. The van der Waals surface area contributed by atoms with Crippen molar-refractivity contribution < 1.29 is 18.0 Å². The number of carbonyl (C=O) groups excluding carboxylic acids is 2. The number of amides is 2. The van der Waals surface area contributed by atoms with Gasteiger partial charge in [-0.1, -0.05) is 32.0 Å². The van der Waals surface area contributed by atoms with Crippen LogP contribution in [0.1, 0.15) is 26.3 Å². The summed E-state index contributed by atoms with van der Waals surface area (Å²) in [5, 5.41) is 5.36. The van der Waals surface area contributed by atoms with Crippen molar-refractivity contribution in [2.24, 2.45) is 0 Å². The van der Waals surface area contributed by atoms with Crippen molar-refractivity contribution >= 4 is 39.3 Å². The van der Waals surface area contributed by atoms with Crippen LogP contribution in [0.2, 0.25) is 0 Å². The lowest BCUT2D eigenvalue weighted by Crippen LogP contribution is -2.30. The molecule has 2 aromatic rings. The van der Waals surface area contributed by atoms with E-state index >= 15 is 0 Å². The summed E-state index contributed by atoms with van der Waals surface area (Å²) in [7, 11) is -3.50. The fourth-order valence-electron chi connectivity index (χ4n) is 2.70. The molecule has 154 valence electrons. The third-order valence-electron chi connectivity index (χ3n) is 4.10. The van der Waals surface area contributed by atoms with Gasteiger partial charge in [0.2, 0.25) is 21.8 Å². The number of sulfonamides is 1. The molecule has 2 N–H and O–H groups in total. The second-order valence-electron chi connectivity index (χ2n) is 6.24. The minimum Gasteiger partial charge on any atom is -0.326 e. The zero-order valence-corrected chi connectivity index (χ0v) is 17.5. The molecule has 0 fully saturated rings. The summed E-state index contributed by atoms with van der Waals surface area (Å²) >= 11 is 0. The van der Waals surface area contributed by atoms with Gasteiger partial charge in [-0.05, 0) is 42.0 Å². The molecule has 0 heterocycles. The highest BCUT2D eigenvalue weighted by atomic mass is 32.2. The molecule has 0 atom stereocenters. The first kappa shape index (κ1) is 22.3. The second kappa shape index (κ2) is 9.99. The maximum atomic E-state index is 12.5. The van der Waals surface area contributed by atoms with Gasteiger partial charge in [0, 0.05) is 37.5 Å². The zero-order chi connectivity index (χ0) is 21.4. The first-order valence-electron chi connectivity index (χ1n) is 9.23. The molecular weight excluding hydrogens is 390 g/mol. The third kappa shape index (κ3) is 6.27. The molecular formula is C21H25N3O4S. The van der Waals surface area contributed by atoms with E-state index in [9.17, 15) is 18.0 Å². The van der Waals surface area contributed by atoms with Gasteiger partial charge in [0.15, 0.2) is 0 Å². The molecule has 2 aromatic carbocycles. The summed E-state index contributed by atoms with van der Waals surface area (Å²) in [6.07, 6.45) is 2.96. The monoisotopic (exact) mass is 415 g/mol. The SMILES string of the molecule is CCN(CC)S(=O)(=O)c1ccc(/C=C/C(=O)Nc2cccc(NC(C)=O)c2)cc1. The molecule has 0 bridgehead atoms. The maximum Gasteiger partial charge on any atom is 0.248 e. The summed E-state index contributed by atoms with van der Waals surface area (Å²) < 4.78 is 26.4. The van der Waals surface area contributed by atoms with Crippen LogP contribution in [-0.4, -0.2) is 37.6 Å². The minimum atomic E-state index is -3.50. The largest absolute Gasteiger partial charge is 0.326 e. The Kier molecular flexibility index (Phi) is 7.69. The predicted octanol–water partition coefficient (Wildman–Crippen LogP) is 3.33. The lowest BCUT2D eigenvalue weighted by Gasteiger charge is -2.18. The fraction of sp³-hybridized carbons (Fsp3) is 0.238. The van der Waals surface area contributed by atoms with Crippen LogP contribution in [0.3, 0.4) is 0 Å². The molecule has 0 saturated carbocycles. The molecule has 0 aliphatic carbocycles. The van der Waals surface area contributed by atoms with Crippen molar-refractivity contribution in [2.45, 2.75) is 25.7 Å². The first-order chi connectivity index (χ1) is 13.8. The van der Waals surface area contributed by atoms with Crippen LogP contribution in [0.15, 0.2) is 59.5 Å². The van der Waals surface area contributed by atoms with E-state index in [1.54, 1.807) is 56.3 Å². The number of hydrogen-bond acceptors (Lipinski definition) is 4. The van der Waals surface area contributed by atoms with Gasteiger partial charge < -0.3 is 10.6 Å². The van der Waals surface area contributed by atoms with Gasteiger partial charge in [-0.15, -0.1) is 0 Å². The van der Waals surface area contributed by atoms with Crippen LogP contribution in [0.4, 0.5) is 11.4 Å². The first-order valence-corrected chi connectivity index (χ1v) is 10.7. The van der Waals surface area contributed by atoms with E-state index in [1.807, 2.05) is 0 Å². The highest BCUT2D eigenvalue weighted by Gasteiger charge is 2.20. The van der Waals surface area contributed by atoms with Crippen molar-refractivity contribution in [3.8, 4) is 0 Å². The lowest BCUT2D eigenvalue weighted by molar-refractivity contribution is -0.114. The minimum absolute atomic E-state index is 0.195. The Labute approximate surface area is 171 Å². The van der Waals surface area contributed by atoms with Gasteiger partial charge in [-0.3, -0.25) is 9.59 Å². The number of nitrogens with one attached hydrogen (secondary N) is 2. The Balaban J connectivity index is 2.05. The molecule has 2 rings (SSSR count). The van der Waals surface area contributed by atoms with Gasteiger partial charge in [-0.25, -0.2) is 8.42 Å². The quantitative estimate of drug-likeness (QED) is 0.647. The molecule has 2 amide bonds. The van der Waals surface area contributed by atoms with E-state index in [1.165, 1.54) is 29.4 Å². The Hall–Kier alpha value is -2.97. The predicted molar refractivity (Wildman–Crippen MR) is 115 cm³/mol. The number of benzene rings is 2. The van der Waals surface area contributed by atoms with Crippen molar-refractivity contribution in [3.05, 3.63) is 60.2 Å². The summed E-state index contributed by atoms with van der Waals surface area (Å²) in [6.45, 7) is 5.81. The van der Waals surface area contributed by atoms with Gasteiger partial charge >= 0.3 is 0 Å². The zero-order valence-electron chi connectivity index (χ0n) is 16.7. The molecule has 7 nitrogen and oxygen atoms in total. The third-order valence-corrected chi connectivity index (χ3v) is 6.17. The smallest absolute Gasteiger partial charge is 0.248 e. The average molecular weight is 416 g/mol. The van der Waals surface area contributed by atoms with Crippen molar-refractivity contribution in [2.75, 3.05) is 23.7 Å². The molecule has 29 heavy (non-hydrogen) atoms. The fourth-order valence-corrected chi connectivity index (χ4v) is 4.16. The highest BCUT2D eigenvalue weighted by molar-refractivity contribution is 7.89. The lowest BCUT2D eigenvalue weighted by atomic mass is 10.2. The Morgan fingerprint density at radius 2 is 1.55 bits per heavy atom. The van der Waals surface area contributed by atoms with Crippen LogP contribution in [-0.2, 0) is 19.6 Å². The standard InChI is InChI=1S/C21H25N3O4S/c1-4-24(5-2)29(27,28)20-12-9-17(10-13-20)11-14-21(26)23-19-8-6-7-18(15-19)22-16(3)25/h6-15H,4-5H2,1-3H3,(H,22,25)(H,23,26)/b14-11+. The van der Waals surface area contributed by atoms with Crippen LogP contribution in [0.5, 0.6) is 0 Å². The molecule has 0 aliphatic heterocycles.